The van der Waals surface area contributed by atoms with Gasteiger partial charge in [-0.3, -0.25) is 9.78 Å². The highest BCUT2D eigenvalue weighted by Gasteiger charge is 2.25. The van der Waals surface area contributed by atoms with Gasteiger partial charge in [0.15, 0.2) is 11.5 Å². The van der Waals surface area contributed by atoms with E-state index < -0.39 is 19.1 Å². The van der Waals surface area contributed by atoms with Crippen LogP contribution in [0.4, 0.5) is 19.0 Å². The molecule has 126 valence electrons. The highest BCUT2D eigenvalue weighted by molar-refractivity contribution is 5.90. The maximum atomic E-state index is 13.4. The Kier molecular flexibility index (Phi) is 3.62. The molecule has 4 heterocycles. The Hall–Kier alpha value is -2.58. The van der Waals surface area contributed by atoms with Crippen molar-refractivity contribution in [1.82, 2.24) is 25.0 Å². The summed E-state index contributed by atoms with van der Waals surface area (Å²) in [6, 6.07) is 3.51. The third kappa shape index (κ3) is 2.70. The molecular formula is C15H15F3N6. The molecule has 0 bridgehead atoms. The molecule has 6 nitrogen and oxygen atoms in total. The number of pyridine rings is 1. The molecule has 9 heteroatoms. The molecule has 1 atom stereocenters. The number of halogens is 3. The minimum atomic E-state index is -2.46. The van der Waals surface area contributed by atoms with Gasteiger partial charge in [-0.15, -0.1) is 0 Å². The van der Waals surface area contributed by atoms with Crippen molar-refractivity contribution in [2.45, 2.75) is 25.6 Å². The number of aromatic nitrogens is 5. The molecule has 4 rings (SSSR count). The van der Waals surface area contributed by atoms with Gasteiger partial charge < -0.3 is 4.90 Å². The van der Waals surface area contributed by atoms with Crippen LogP contribution in [0.15, 0.2) is 24.5 Å². The lowest BCUT2D eigenvalue weighted by Gasteiger charge is -2.14. The number of rotatable bonds is 4. The second-order valence-electron chi connectivity index (χ2n) is 5.81. The molecule has 0 radical (unpaired) electrons. The zero-order valence-corrected chi connectivity index (χ0v) is 12.7. The summed E-state index contributed by atoms with van der Waals surface area (Å²) < 4.78 is 39.5. The molecule has 3 aromatic heterocycles. The van der Waals surface area contributed by atoms with Gasteiger partial charge in [-0.1, -0.05) is 0 Å². The number of hydrogen-bond acceptors (Lipinski definition) is 4. The summed E-state index contributed by atoms with van der Waals surface area (Å²) >= 11 is 0. The largest absolute Gasteiger partial charge is 0.352 e. The SMILES string of the molecule is FC(F)Cn1ccc(-c2cnc3[nH]nc(N4CC[C@H](F)C4)c3c2)n1. The molecule has 0 saturated carbocycles. The molecule has 0 aliphatic carbocycles. The Morgan fingerprint density at radius 1 is 1.38 bits per heavy atom. The second kappa shape index (κ2) is 5.81. The molecule has 0 unspecified atom stereocenters. The van der Waals surface area contributed by atoms with Crippen LogP contribution in [-0.4, -0.2) is 50.6 Å². The fourth-order valence-electron chi connectivity index (χ4n) is 2.94. The fraction of sp³-hybridized carbons (Fsp3) is 0.400. The van der Waals surface area contributed by atoms with E-state index >= 15 is 0 Å². The summed E-state index contributed by atoms with van der Waals surface area (Å²) in [5.41, 5.74) is 1.86. The van der Waals surface area contributed by atoms with E-state index in [0.717, 1.165) is 5.39 Å². The first kappa shape index (κ1) is 15.0. The molecule has 1 fully saturated rings. The molecular weight excluding hydrogens is 321 g/mol. The number of fused-ring (bicyclic) bond motifs is 1. The van der Waals surface area contributed by atoms with Crippen LogP contribution >= 0.6 is 0 Å². The van der Waals surface area contributed by atoms with E-state index in [9.17, 15) is 13.2 Å². The van der Waals surface area contributed by atoms with Crippen LogP contribution in [-0.2, 0) is 6.54 Å². The standard InChI is InChI=1S/C15H15F3N6/c16-10-1-3-23(7-10)15-11-5-9(6-19-14(11)20-21-15)12-2-4-24(22-12)8-13(17)18/h2,4-6,10,13H,1,3,7-8H2,(H,19,20,21)/t10-/m0/s1. The van der Waals surface area contributed by atoms with Crippen molar-refractivity contribution in [1.29, 1.82) is 0 Å². The summed E-state index contributed by atoms with van der Waals surface area (Å²) in [5, 5.41) is 12.0. The quantitative estimate of drug-likeness (QED) is 0.796. The monoisotopic (exact) mass is 336 g/mol. The molecule has 0 amide bonds. The van der Waals surface area contributed by atoms with E-state index in [4.69, 9.17) is 0 Å². The van der Waals surface area contributed by atoms with Crippen molar-refractivity contribution in [2.75, 3.05) is 18.0 Å². The van der Waals surface area contributed by atoms with E-state index in [1.165, 1.54) is 10.9 Å². The van der Waals surface area contributed by atoms with Gasteiger partial charge in [-0.2, -0.15) is 10.2 Å². The average Bonchev–Trinajstić information content (AvgIpc) is 3.25. The Morgan fingerprint density at radius 2 is 2.25 bits per heavy atom. The molecule has 1 saturated heterocycles. The summed E-state index contributed by atoms with van der Waals surface area (Å²) in [7, 11) is 0. The Balaban J connectivity index is 1.68. The normalized spacial score (nSPS) is 18.2. The van der Waals surface area contributed by atoms with Gasteiger partial charge in [-0.05, 0) is 18.6 Å². The maximum Gasteiger partial charge on any atom is 0.257 e. The first-order valence-corrected chi connectivity index (χ1v) is 7.65. The van der Waals surface area contributed by atoms with E-state index in [1.807, 2.05) is 11.0 Å². The van der Waals surface area contributed by atoms with E-state index in [1.54, 1.807) is 12.3 Å². The van der Waals surface area contributed by atoms with Crippen molar-refractivity contribution in [3.8, 4) is 11.3 Å². The van der Waals surface area contributed by atoms with E-state index in [2.05, 4.69) is 20.3 Å². The molecule has 1 aliphatic heterocycles. The lowest BCUT2D eigenvalue weighted by atomic mass is 10.2. The minimum absolute atomic E-state index is 0.313. The van der Waals surface area contributed by atoms with Crippen LogP contribution in [0.5, 0.6) is 0 Å². The van der Waals surface area contributed by atoms with Crippen molar-refractivity contribution >= 4 is 16.9 Å². The summed E-state index contributed by atoms with van der Waals surface area (Å²) in [5.74, 6) is 0.659. The van der Waals surface area contributed by atoms with Gasteiger partial charge in [0, 0.05) is 24.5 Å². The average molecular weight is 336 g/mol. The first-order valence-electron chi connectivity index (χ1n) is 7.65. The van der Waals surface area contributed by atoms with Gasteiger partial charge >= 0.3 is 0 Å². The number of nitrogens with zero attached hydrogens (tertiary/aromatic N) is 5. The number of hydrogen-bond donors (Lipinski definition) is 1. The number of aromatic amines is 1. The maximum absolute atomic E-state index is 13.4. The van der Waals surface area contributed by atoms with Crippen LogP contribution in [0.25, 0.3) is 22.3 Å². The van der Waals surface area contributed by atoms with Crippen LogP contribution in [0.3, 0.4) is 0 Å². The van der Waals surface area contributed by atoms with Crippen molar-refractivity contribution in [3.63, 3.8) is 0 Å². The van der Waals surface area contributed by atoms with Crippen LogP contribution < -0.4 is 4.90 Å². The predicted octanol–water partition coefficient (Wildman–Crippen LogP) is 2.63. The van der Waals surface area contributed by atoms with Crippen LogP contribution in [0.1, 0.15) is 6.42 Å². The van der Waals surface area contributed by atoms with Gasteiger partial charge in [-0.25, -0.2) is 18.2 Å². The molecule has 0 aromatic carbocycles. The third-order valence-electron chi connectivity index (χ3n) is 4.09. The topological polar surface area (TPSA) is 62.6 Å². The predicted molar refractivity (Wildman–Crippen MR) is 82.8 cm³/mol. The Morgan fingerprint density at radius 3 is 3.00 bits per heavy atom. The lowest BCUT2D eigenvalue weighted by molar-refractivity contribution is 0.122. The van der Waals surface area contributed by atoms with Crippen LogP contribution in [0.2, 0.25) is 0 Å². The van der Waals surface area contributed by atoms with Crippen molar-refractivity contribution < 1.29 is 13.2 Å². The summed E-state index contributed by atoms with van der Waals surface area (Å²) in [4.78, 5) is 6.18. The highest BCUT2D eigenvalue weighted by Crippen LogP contribution is 2.29. The minimum Gasteiger partial charge on any atom is -0.352 e. The van der Waals surface area contributed by atoms with Crippen molar-refractivity contribution in [3.05, 3.63) is 24.5 Å². The van der Waals surface area contributed by atoms with E-state index in [-0.39, 0.29) is 0 Å². The van der Waals surface area contributed by atoms with Gasteiger partial charge in [0.1, 0.15) is 12.7 Å². The molecule has 0 spiro atoms. The molecule has 24 heavy (non-hydrogen) atoms. The van der Waals surface area contributed by atoms with E-state index in [0.29, 0.717) is 42.2 Å². The summed E-state index contributed by atoms with van der Waals surface area (Å²) in [6.45, 7) is 0.472. The Labute approximate surface area is 135 Å². The highest BCUT2D eigenvalue weighted by atomic mass is 19.3. The lowest BCUT2D eigenvalue weighted by Crippen LogP contribution is -2.20. The number of nitrogens with one attached hydrogen (secondary N) is 1. The molecule has 1 N–H and O–H groups in total. The molecule has 1 aliphatic rings. The van der Waals surface area contributed by atoms with Gasteiger partial charge in [0.25, 0.3) is 6.43 Å². The second-order valence-corrected chi connectivity index (χ2v) is 5.81. The molecule has 3 aromatic rings. The fourth-order valence-corrected chi connectivity index (χ4v) is 2.94. The summed E-state index contributed by atoms with van der Waals surface area (Å²) in [6.07, 6.45) is 0.303. The first-order chi connectivity index (χ1) is 11.6. The van der Waals surface area contributed by atoms with Gasteiger partial charge in [0.2, 0.25) is 0 Å². The van der Waals surface area contributed by atoms with Crippen molar-refractivity contribution in [2.24, 2.45) is 0 Å². The zero-order chi connectivity index (χ0) is 16.7. The number of alkyl halides is 3. The van der Waals surface area contributed by atoms with Gasteiger partial charge in [0.05, 0.1) is 17.6 Å². The van der Waals surface area contributed by atoms with Crippen LogP contribution in [0, 0.1) is 0 Å². The third-order valence-corrected chi connectivity index (χ3v) is 4.09. The number of H-pyrrole nitrogens is 1. The number of anilines is 1. The smallest absolute Gasteiger partial charge is 0.257 e. The zero-order valence-electron chi connectivity index (χ0n) is 12.7. The Bertz CT molecular complexity index is 858.